The number of hydrogen-bond acceptors (Lipinski definition) is 5. The van der Waals surface area contributed by atoms with E-state index in [-0.39, 0.29) is 6.61 Å². The Balaban J connectivity index is 1.82. The molecule has 3 N–H and O–H groups in total. The summed E-state index contributed by atoms with van der Waals surface area (Å²) in [7, 11) is 0. The number of aliphatic hydroxyl groups is 3. The van der Waals surface area contributed by atoms with Gasteiger partial charge in [0.25, 0.3) is 0 Å². The van der Waals surface area contributed by atoms with Gasteiger partial charge in [0, 0.05) is 0 Å². The quantitative estimate of drug-likeness (QED) is 0.182. The van der Waals surface area contributed by atoms with Crippen LogP contribution >= 0.6 is 0 Å². The molecule has 1 rings (SSSR count). The SMILES string of the molecule is CCCCCCCCCCCCCCCCC/C=C/O[C@@H]1CO[C@@H]([C@@H](O)CO)[C@H]1O. The molecular formula is C25H48O5. The highest BCUT2D eigenvalue weighted by Gasteiger charge is 2.40. The summed E-state index contributed by atoms with van der Waals surface area (Å²) in [5.74, 6) is 0. The first-order valence-electron chi connectivity index (χ1n) is 12.6. The largest absolute Gasteiger partial charge is 0.493 e. The number of allylic oxidation sites excluding steroid dienone is 1. The van der Waals surface area contributed by atoms with Gasteiger partial charge in [0.1, 0.15) is 24.4 Å². The zero-order chi connectivity index (χ0) is 21.9. The molecule has 0 radical (unpaired) electrons. The smallest absolute Gasteiger partial charge is 0.149 e. The highest BCUT2D eigenvalue weighted by Crippen LogP contribution is 2.20. The summed E-state index contributed by atoms with van der Waals surface area (Å²) in [6.07, 6.45) is 21.9. The van der Waals surface area contributed by atoms with Crippen LogP contribution in [0, 0.1) is 0 Å². The van der Waals surface area contributed by atoms with Crippen molar-refractivity contribution in [3.8, 4) is 0 Å². The van der Waals surface area contributed by atoms with Gasteiger partial charge in [-0.3, -0.25) is 0 Å². The van der Waals surface area contributed by atoms with Gasteiger partial charge in [0.2, 0.25) is 0 Å². The minimum Gasteiger partial charge on any atom is -0.493 e. The number of ether oxygens (including phenoxy) is 2. The van der Waals surface area contributed by atoms with Crippen molar-refractivity contribution < 1.29 is 24.8 Å². The molecule has 0 spiro atoms. The van der Waals surface area contributed by atoms with Crippen molar-refractivity contribution in [2.75, 3.05) is 13.2 Å². The first-order chi connectivity index (χ1) is 14.7. The molecular weight excluding hydrogens is 380 g/mol. The molecule has 5 nitrogen and oxygen atoms in total. The summed E-state index contributed by atoms with van der Waals surface area (Å²) in [6.45, 7) is 2.08. The lowest BCUT2D eigenvalue weighted by Crippen LogP contribution is -2.40. The minimum atomic E-state index is -1.07. The predicted octanol–water partition coefficient (Wildman–Crippen LogP) is 5.26. The van der Waals surface area contributed by atoms with E-state index in [1.54, 1.807) is 6.26 Å². The maximum Gasteiger partial charge on any atom is 0.149 e. The van der Waals surface area contributed by atoms with E-state index in [1.807, 2.05) is 6.08 Å². The van der Waals surface area contributed by atoms with Crippen LogP contribution in [0.3, 0.4) is 0 Å². The highest BCUT2D eigenvalue weighted by atomic mass is 16.6. The normalized spacial score (nSPS) is 22.7. The summed E-state index contributed by atoms with van der Waals surface area (Å²) in [4.78, 5) is 0. The van der Waals surface area contributed by atoms with Crippen LogP contribution in [0.2, 0.25) is 0 Å². The van der Waals surface area contributed by atoms with Crippen LogP contribution in [-0.4, -0.2) is 52.9 Å². The molecule has 0 bridgehead atoms. The van der Waals surface area contributed by atoms with Crippen molar-refractivity contribution in [2.45, 2.75) is 134 Å². The summed E-state index contributed by atoms with van der Waals surface area (Å²) >= 11 is 0. The van der Waals surface area contributed by atoms with Gasteiger partial charge in [0.15, 0.2) is 0 Å². The third-order valence-corrected chi connectivity index (χ3v) is 6.06. The molecule has 0 unspecified atom stereocenters. The van der Waals surface area contributed by atoms with Crippen molar-refractivity contribution in [3.63, 3.8) is 0 Å². The Hall–Kier alpha value is -0.620. The molecule has 0 amide bonds. The monoisotopic (exact) mass is 428 g/mol. The first-order valence-corrected chi connectivity index (χ1v) is 12.6. The second kappa shape index (κ2) is 19.1. The summed E-state index contributed by atoms with van der Waals surface area (Å²) in [6, 6.07) is 0. The fourth-order valence-electron chi connectivity index (χ4n) is 4.04. The van der Waals surface area contributed by atoms with Gasteiger partial charge >= 0.3 is 0 Å². The molecule has 1 heterocycles. The summed E-state index contributed by atoms with van der Waals surface area (Å²) < 4.78 is 10.8. The molecule has 1 aliphatic heterocycles. The van der Waals surface area contributed by atoms with E-state index in [9.17, 15) is 10.2 Å². The third-order valence-electron chi connectivity index (χ3n) is 6.06. The Kier molecular flexibility index (Phi) is 17.4. The highest BCUT2D eigenvalue weighted by molar-refractivity contribution is 4.90. The van der Waals surface area contributed by atoms with Crippen LogP contribution in [0.15, 0.2) is 12.3 Å². The zero-order valence-electron chi connectivity index (χ0n) is 19.4. The topological polar surface area (TPSA) is 79.2 Å². The van der Waals surface area contributed by atoms with E-state index in [4.69, 9.17) is 14.6 Å². The van der Waals surface area contributed by atoms with Crippen molar-refractivity contribution in [1.82, 2.24) is 0 Å². The van der Waals surface area contributed by atoms with Crippen LogP contribution in [0.25, 0.3) is 0 Å². The molecule has 0 aromatic rings. The molecule has 0 aromatic carbocycles. The molecule has 30 heavy (non-hydrogen) atoms. The number of unbranched alkanes of at least 4 members (excludes halogenated alkanes) is 15. The van der Waals surface area contributed by atoms with Crippen LogP contribution in [0.5, 0.6) is 0 Å². The second-order valence-corrected chi connectivity index (χ2v) is 8.82. The van der Waals surface area contributed by atoms with Gasteiger partial charge < -0.3 is 24.8 Å². The average molecular weight is 429 g/mol. The first kappa shape index (κ1) is 27.4. The predicted molar refractivity (Wildman–Crippen MR) is 122 cm³/mol. The molecule has 5 heteroatoms. The van der Waals surface area contributed by atoms with Crippen LogP contribution < -0.4 is 0 Å². The average Bonchev–Trinajstić information content (AvgIpc) is 3.12. The van der Waals surface area contributed by atoms with Crippen molar-refractivity contribution in [1.29, 1.82) is 0 Å². The zero-order valence-corrected chi connectivity index (χ0v) is 19.4. The van der Waals surface area contributed by atoms with Crippen molar-refractivity contribution in [3.05, 3.63) is 12.3 Å². The van der Waals surface area contributed by atoms with Crippen LogP contribution in [0.1, 0.15) is 110 Å². The van der Waals surface area contributed by atoms with Crippen LogP contribution in [0.4, 0.5) is 0 Å². The van der Waals surface area contributed by atoms with E-state index in [0.717, 1.165) is 12.8 Å². The van der Waals surface area contributed by atoms with E-state index in [0.29, 0.717) is 0 Å². The number of rotatable bonds is 20. The molecule has 0 saturated carbocycles. The Morgan fingerprint density at radius 3 is 1.87 bits per heavy atom. The Bertz CT molecular complexity index is 401. The summed E-state index contributed by atoms with van der Waals surface area (Å²) in [5.41, 5.74) is 0. The molecule has 0 aliphatic carbocycles. The van der Waals surface area contributed by atoms with Gasteiger partial charge in [-0.15, -0.1) is 0 Å². The van der Waals surface area contributed by atoms with Gasteiger partial charge in [0.05, 0.1) is 19.5 Å². The molecule has 0 aromatic heterocycles. The van der Waals surface area contributed by atoms with Crippen molar-refractivity contribution >= 4 is 0 Å². The number of aliphatic hydroxyl groups excluding tert-OH is 3. The van der Waals surface area contributed by atoms with Gasteiger partial charge in [-0.25, -0.2) is 0 Å². The Labute approximate surface area is 184 Å². The standard InChI is InChI=1S/C25H48O5/c1-2-3-4-5-6-7-8-9-10-11-12-13-14-15-16-17-18-19-29-23-21-30-25(24(23)28)22(27)20-26/h18-19,22-28H,2-17,20-21H2,1H3/b19-18+/t22-,23+,24-,25-/m0/s1. The lowest BCUT2D eigenvalue weighted by molar-refractivity contribution is -0.0689. The lowest BCUT2D eigenvalue weighted by atomic mass is 10.0. The summed E-state index contributed by atoms with van der Waals surface area (Å²) in [5, 5.41) is 28.5. The molecule has 1 saturated heterocycles. The third kappa shape index (κ3) is 12.9. The van der Waals surface area contributed by atoms with Gasteiger partial charge in [-0.1, -0.05) is 96.8 Å². The molecule has 1 aliphatic rings. The molecule has 178 valence electrons. The van der Waals surface area contributed by atoms with Crippen molar-refractivity contribution in [2.24, 2.45) is 0 Å². The van der Waals surface area contributed by atoms with E-state index in [1.165, 1.54) is 89.9 Å². The van der Waals surface area contributed by atoms with E-state index in [2.05, 4.69) is 6.92 Å². The fraction of sp³-hybridized carbons (Fsp3) is 0.920. The molecule has 1 fully saturated rings. The van der Waals surface area contributed by atoms with E-state index < -0.39 is 31.0 Å². The maximum atomic E-state index is 10.0. The lowest BCUT2D eigenvalue weighted by Gasteiger charge is -2.20. The van der Waals surface area contributed by atoms with Gasteiger partial charge in [-0.05, 0) is 18.9 Å². The second-order valence-electron chi connectivity index (χ2n) is 8.82. The van der Waals surface area contributed by atoms with Gasteiger partial charge in [-0.2, -0.15) is 0 Å². The minimum absolute atomic E-state index is 0.228. The molecule has 4 atom stereocenters. The fourth-order valence-corrected chi connectivity index (χ4v) is 4.04. The Morgan fingerprint density at radius 1 is 0.867 bits per heavy atom. The maximum absolute atomic E-state index is 10.0. The van der Waals surface area contributed by atoms with E-state index >= 15 is 0 Å². The number of hydrogen-bond donors (Lipinski definition) is 3. The Morgan fingerprint density at radius 2 is 1.37 bits per heavy atom. The van der Waals surface area contributed by atoms with Crippen LogP contribution in [-0.2, 0) is 9.47 Å².